The summed E-state index contributed by atoms with van der Waals surface area (Å²) >= 11 is 0. The van der Waals surface area contributed by atoms with Crippen molar-refractivity contribution in [3.05, 3.63) is 54.0 Å². The van der Waals surface area contributed by atoms with Gasteiger partial charge in [-0.2, -0.15) is 5.10 Å². The van der Waals surface area contributed by atoms with Gasteiger partial charge in [0.05, 0.1) is 11.9 Å². The molecule has 0 aliphatic heterocycles. The molecule has 0 fully saturated rings. The van der Waals surface area contributed by atoms with Gasteiger partial charge in [-0.25, -0.2) is 14.8 Å². The largest absolute Gasteiger partial charge is 0.444 e. The summed E-state index contributed by atoms with van der Waals surface area (Å²) in [5.74, 6) is 0.512. The number of carbonyl (C=O) groups excluding carboxylic acids is 1. The summed E-state index contributed by atoms with van der Waals surface area (Å²) in [6.07, 6.45) is 5.19. The number of carbonyl (C=O) groups is 1. The first-order valence-electron chi connectivity index (χ1n) is 10.3. The fraction of sp³-hybridized carbons (Fsp3) is 0.391. The zero-order valence-electron chi connectivity index (χ0n) is 18.9. The van der Waals surface area contributed by atoms with Crippen LogP contribution in [0.5, 0.6) is 0 Å². The highest BCUT2D eigenvalue weighted by Crippen LogP contribution is 2.23. The number of ether oxygens (including phenoxy) is 1. The molecule has 1 amide bonds. The normalized spacial score (nSPS) is 11.5. The Morgan fingerprint density at radius 3 is 2.48 bits per heavy atom. The number of aryl methyl sites for hydroxylation is 1. The maximum Gasteiger partial charge on any atom is 0.407 e. The van der Waals surface area contributed by atoms with Gasteiger partial charge in [-0.15, -0.1) is 0 Å². The molecular weight excluding hydrogens is 392 g/mol. The first-order valence-corrected chi connectivity index (χ1v) is 10.3. The molecule has 0 spiro atoms. The molecule has 0 atom stereocenters. The van der Waals surface area contributed by atoms with Gasteiger partial charge in [0.25, 0.3) is 0 Å². The van der Waals surface area contributed by atoms with E-state index in [1.807, 2.05) is 69.0 Å². The lowest BCUT2D eigenvalue weighted by Crippen LogP contribution is -2.32. The Labute approximate surface area is 183 Å². The van der Waals surface area contributed by atoms with Gasteiger partial charge >= 0.3 is 6.09 Å². The first kappa shape index (κ1) is 22.3. The van der Waals surface area contributed by atoms with Crippen LogP contribution in [-0.2, 0) is 11.3 Å². The highest BCUT2D eigenvalue weighted by molar-refractivity contribution is 5.68. The molecule has 3 rings (SSSR count). The molecule has 0 saturated heterocycles. The zero-order valence-corrected chi connectivity index (χ0v) is 18.9. The predicted octanol–water partition coefficient (Wildman–Crippen LogP) is 5.00. The number of hydrogen-bond donors (Lipinski definition) is 2. The molecular formula is C23H30N6O2. The minimum Gasteiger partial charge on any atom is -0.444 e. The van der Waals surface area contributed by atoms with Gasteiger partial charge in [0.15, 0.2) is 0 Å². The van der Waals surface area contributed by atoms with Crippen molar-refractivity contribution < 1.29 is 9.53 Å². The Morgan fingerprint density at radius 1 is 1.16 bits per heavy atom. The van der Waals surface area contributed by atoms with Crippen molar-refractivity contribution in [1.29, 1.82) is 0 Å². The molecule has 8 nitrogen and oxygen atoms in total. The molecule has 0 saturated carbocycles. The molecule has 2 heterocycles. The topological polar surface area (TPSA) is 94.0 Å². The van der Waals surface area contributed by atoms with Crippen LogP contribution in [-0.4, -0.2) is 31.4 Å². The minimum absolute atomic E-state index is 0.289. The fourth-order valence-corrected chi connectivity index (χ4v) is 2.86. The van der Waals surface area contributed by atoms with Crippen LogP contribution in [0, 0.1) is 6.92 Å². The quantitative estimate of drug-likeness (QED) is 0.581. The third-order valence-corrected chi connectivity index (χ3v) is 4.42. The Hall–Kier alpha value is -3.42. The van der Waals surface area contributed by atoms with Crippen LogP contribution in [0.2, 0.25) is 0 Å². The van der Waals surface area contributed by atoms with E-state index in [1.165, 1.54) is 0 Å². The molecule has 0 aliphatic carbocycles. The summed E-state index contributed by atoms with van der Waals surface area (Å²) in [4.78, 5) is 20.9. The van der Waals surface area contributed by atoms with Crippen LogP contribution < -0.4 is 10.6 Å². The van der Waals surface area contributed by atoms with Gasteiger partial charge in [0, 0.05) is 36.2 Å². The monoisotopic (exact) mass is 422 g/mol. The van der Waals surface area contributed by atoms with E-state index in [4.69, 9.17) is 4.74 Å². The molecule has 2 N–H and O–H groups in total. The van der Waals surface area contributed by atoms with E-state index in [-0.39, 0.29) is 6.04 Å². The van der Waals surface area contributed by atoms with Crippen molar-refractivity contribution >= 4 is 17.7 Å². The lowest BCUT2D eigenvalue weighted by Gasteiger charge is -2.19. The number of amides is 1. The number of anilines is 2. The van der Waals surface area contributed by atoms with E-state index < -0.39 is 11.7 Å². The number of alkyl carbamates (subject to hydrolysis) is 1. The highest BCUT2D eigenvalue weighted by atomic mass is 16.6. The lowest BCUT2D eigenvalue weighted by molar-refractivity contribution is 0.0523. The maximum absolute atomic E-state index is 11.8. The average molecular weight is 423 g/mol. The Balaban J connectivity index is 1.65. The average Bonchev–Trinajstić information content (AvgIpc) is 3.18. The number of benzene rings is 1. The van der Waals surface area contributed by atoms with Crippen LogP contribution in [0.25, 0.3) is 11.3 Å². The SMILES string of the molecule is Cc1cnc(Nc2ccc(CNC(=O)OC(C)(C)C)cc2)nc1-c1cnn(C(C)C)c1. The van der Waals surface area contributed by atoms with E-state index >= 15 is 0 Å². The van der Waals surface area contributed by atoms with Gasteiger partial charge in [0.2, 0.25) is 5.95 Å². The number of nitrogens with zero attached hydrogens (tertiary/aromatic N) is 4. The number of aromatic nitrogens is 4. The van der Waals surface area contributed by atoms with Crippen molar-refractivity contribution in [3.63, 3.8) is 0 Å². The van der Waals surface area contributed by atoms with Crippen molar-refractivity contribution in [2.75, 3.05) is 5.32 Å². The number of rotatable bonds is 6. The second-order valence-corrected chi connectivity index (χ2v) is 8.71. The van der Waals surface area contributed by atoms with E-state index in [0.717, 1.165) is 28.1 Å². The number of nitrogens with one attached hydrogen (secondary N) is 2. The predicted molar refractivity (Wildman–Crippen MR) is 121 cm³/mol. The standard InChI is InChI=1S/C23H30N6O2/c1-15(2)29-14-18(13-26-29)20-16(3)11-24-21(28-20)27-19-9-7-17(8-10-19)12-25-22(30)31-23(4,5)6/h7-11,13-15H,12H2,1-6H3,(H,25,30)(H,24,27,28). The van der Waals surface area contributed by atoms with Crippen molar-refractivity contribution in [3.8, 4) is 11.3 Å². The van der Waals surface area contributed by atoms with E-state index in [2.05, 4.69) is 39.5 Å². The van der Waals surface area contributed by atoms with Gasteiger partial charge in [0.1, 0.15) is 5.60 Å². The molecule has 31 heavy (non-hydrogen) atoms. The van der Waals surface area contributed by atoms with Crippen LogP contribution in [0.3, 0.4) is 0 Å². The van der Waals surface area contributed by atoms with E-state index in [0.29, 0.717) is 12.5 Å². The molecule has 1 aromatic carbocycles. The summed E-state index contributed by atoms with van der Waals surface area (Å²) in [7, 11) is 0. The van der Waals surface area contributed by atoms with E-state index in [1.54, 1.807) is 6.20 Å². The van der Waals surface area contributed by atoms with Gasteiger partial charge in [-0.3, -0.25) is 4.68 Å². The first-order chi connectivity index (χ1) is 14.6. The molecule has 0 unspecified atom stereocenters. The summed E-state index contributed by atoms with van der Waals surface area (Å²) < 4.78 is 7.16. The van der Waals surface area contributed by atoms with Gasteiger partial charge in [-0.1, -0.05) is 12.1 Å². The molecule has 8 heteroatoms. The highest BCUT2D eigenvalue weighted by Gasteiger charge is 2.15. The summed E-state index contributed by atoms with van der Waals surface area (Å²) in [6.45, 7) is 12.1. The molecule has 0 aliphatic rings. The molecule has 164 valence electrons. The molecule has 0 bridgehead atoms. The Bertz CT molecular complexity index is 1030. The second kappa shape index (κ2) is 9.16. The minimum atomic E-state index is -0.516. The Morgan fingerprint density at radius 2 is 1.87 bits per heavy atom. The van der Waals surface area contributed by atoms with Crippen molar-refractivity contribution in [1.82, 2.24) is 25.1 Å². The van der Waals surface area contributed by atoms with Gasteiger partial charge in [-0.05, 0) is 64.8 Å². The van der Waals surface area contributed by atoms with Crippen LogP contribution >= 0.6 is 0 Å². The third kappa shape index (κ3) is 6.28. The molecule has 0 radical (unpaired) electrons. The van der Waals surface area contributed by atoms with Crippen LogP contribution in [0.15, 0.2) is 42.9 Å². The maximum atomic E-state index is 11.8. The smallest absolute Gasteiger partial charge is 0.407 e. The zero-order chi connectivity index (χ0) is 22.6. The lowest BCUT2D eigenvalue weighted by atomic mass is 10.1. The van der Waals surface area contributed by atoms with Crippen molar-refractivity contribution in [2.45, 2.75) is 59.7 Å². The van der Waals surface area contributed by atoms with Gasteiger partial charge < -0.3 is 15.4 Å². The molecule has 2 aromatic heterocycles. The van der Waals surface area contributed by atoms with Crippen LogP contribution in [0.1, 0.15) is 51.8 Å². The third-order valence-electron chi connectivity index (χ3n) is 4.42. The molecule has 3 aromatic rings. The van der Waals surface area contributed by atoms with E-state index in [9.17, 15) is 4.79 Å². The summed E-state index contributed by atoms with van der Waals surface area (Å²) in [6, 6.07) is 8.00. The van der Waals surface area contributed by atoms with Crippen LogP contribution in [0.4, 0.5) is 16.4 Å². The fourth-order valence-electron chi connectivity index (χ4n) is 2.86. The number of hydrogen-bond acceptors (Lipinski definition) is 6. The second-order valence-electron chi connectivity index (χ2n) is 8.71. The van der Waals surface area contributed by atoms with Crippen molar-refractivity contribution in [2.24, 2.45) is 0 Å². The Kier molecular flexibility index (Phi) is 6.58. The summed E-state index contributed by atoms with van der Waals surface area (Å²) in [5.41, 5.74) is 4.09. The summed E-state index contributed by atoms with van der Waals surface area (Å²) in [5, 5.41) is 10.4.